The lowest BCUT2D eigenvalue weighted by Crippen LogP contribution is -2.33. The van der Waals surface area contributed by atoms with Crippen LogP contribution in [0.15, 0.2) is 201 Å². The van der Waals surface area contributed by atoms with Gasteiger partial charge in [0, 0.05) is 60.0 Å². The zero-order chi connectivity index (χ0) is 37.5. The summed E-state index contributed by atoms with van der Waals surface area (Å²) in [5, 5.41) is 8.55. The Morgan fingerprint density at radius 3 is 2.12 bits per heavy atom. The molecule has 2 aromatic heterocycles. The SMILES string of the molecule is C1=CC2Sc3c(-c4cccc5c4oc4ccc(C6=NC(c7ccccc7)NC(c7ccccc7)=N6)cc45)cccc3C2C(n2c3ccccc3c3ccccc32)=C1. The Labute approximate surface area is 333 Å². The number of fused-ring (bicyclic) bond motifs is 9. The molecule has 1 aliphatic carbocycles. The maximum atomic E-state index is 6.79. The Balaban J connectivity index is 0.967. The third-order valence-corrected chi connectivity index (χ3v) is 13.0. The van der Waals surface area contributed by atoms with Crippen LogP contribution in [0.2, 0.25) is 0 Å². The minimum atomic E-state index is -0.265. The fourth-order valence-electron chi connectivity index (χ4n) is 9.06. The number of para-hydroxylation sites is 3. The highest BCUT2D eigenvalue weighted by Crippen LogP contribution is 2.56. The number of rotatable bonds is 5. The van der Waals surface area contributed by atoms with Crippen molar-refractivity contribution in [3.63, 3.8) is 0 Å². The predicted octanol–water partition coefficient (Wildman–Crippen LogP) is 12.5. The molecular formula is C51H34N4OS. The van der Waals surface area contributed by atoms with Crippen molar-refractivity contribution in [2.24, 2.45) is 9.98 Å². The first kappa shape index (κ1) is 32.4. The summed E-state index contributed by atoms with van der Waals surface area (Å²) >= 11 is 1.97. The molecule has 0 radical (unpaired) electrons. The van der Waals surface area contributed by atoms with Crippen LogP contribution in [0.5, 0.6) is 0 Å². The molecule has 4 heterocycles. The molecule has 0 spiro atoms. The van der Waals surface area contributed by atoms with Crippen molar-refractivity contribution in [2.75, 3.05) is 0 Å². The van der Waals surface area contributed by atoms with Crippen molar-refractivity contribution < 1.29 is 4.42 Å². The van der Waals surface area contributed by atoms with Gasteiger partial charge in [-0.2, -0.15) is 0 Å². The van der Waals surface area contributed by atoms with Gasteiger partial charge in [0.05, 0.1) is 11.0 Å². The van der Waals surface area contributed by atoms with E-state index in [1.54, 1.807) is 0 Å². The molecular weight excluding hydrogens is 717 g/mol. The van der Waals surface area contributed by atoms with Crippen LogP contribution < -0.4 is 5.32 Å². The third-order valence-electron chi connectivity index (χ3n) is 11.6. The highest BCUT2D eigenvalue weighted by molar-refractivity contribution is 8.00. The van der Waals surface area contributed by atoms with Crippen molar-refractivity contribution in [3.8, 4) is 11.1 Å². The van der Waals surface area contributed by atoms with Crippen LogP contribution in [-0.2, 0) is 0 Å². The second kappa shape index (κ2) is 12.8. The van der Waals surface area contributed by atoms with Gasteiger partial charge in [-0.15, -0.1) is 11.8 Å². The Bertz CT molecular complexity index is 3150. The van der Waals surface area contributed by atoms with E-state index in [4.69, 9.17) is 14.4 Å². The molecule has 3 atom stereocenters. The molecule has 0 saturated carbocycles. The van der Waals surface area contributed by atoms with Gasteiger partial charge in [0.1, 0.15) is 23.2 Å². The fraction of sp³-hybridized carbons (Fsp3) is 0.0588. The number of hydrogen-bond acceptors (Lipinski definition) is 5. The molecule has 3 aliphatic rings. The summed E-state index contributed by atoms with van der Waals surface area (Å²) in [6.07, 6.45) is 6.68. The Kier molecular flexibility index (Phi) is 7.29. The monoisotopic (exact) mass is 750 g/mol. The van der Waals surface area contributed by atoms with E-state index in [2.05, 4.69) is 156 Å². The van der Waals surface area contributed by atoms with Crippen LogP contribution >= 0.6 is 11.8 Å². The smallest absolute Gasteiger partial charge is 0.159 e. The fourth-order valence-corrected chi connectivity index (χ4v) is 10.6. The van der Waals surface area contributed by atoms with Crippen LogP contribution in [0.3, 0.4) is 0 Å². The number of hydrogen-bond donors (Lipinski definition) is 1. The highest BCUT2D eigenvalue weighted by Gasteiger charge is 2.39. The first-order valence-corrected chi connectivity index (χ1v) is 20.3. The average Bonchev–Trinajstić information content (AvgIpc) is 3.96. The molecule has 2 aliphatic heterocycles. The quantitative estimate of drug-likeness (QED) is 0.191. The number of benzene rings is 7. The van der Waals surface area contributed by atoms with Crippen molar-refractivity contribution in [1.29, 1.82) is 0 Å². The maximum absolute atomic E-state index is 6.79. The lowest BCUT2D eigenvalue weighted by Gasteiger charge is -2.25. The number of aliphatic imine (C=N–C) groups is 2. The number of allylic oxidation sites excluding steroid dienone is 3. The average molecular weight is 751 g/mol. The number of aromatic nitrogens is 1. The van der Waals surface area contributed by atoms with Crippen LogP contribution in [0.25, 0.3) is 60.6 Å². The molecule has 5 nitrogen and oxygen atoms in total. The van der Waals surface area contributed by atoms with Gasteiger partial charge in [0.25, 0.3) is 0 Å². The molecule has 0 amide bonds. The normalized spacial score (nSPS) is 18.7. The standard InChI is InChI=1S/C51H34N4OS/c1-3-14-31(15-4-1)49-52-50(32-16-5-2-6-17-32)54-51(53-49)33-28-29-44-40(30-33)37-21-11-20-36(47(37)56-44)38-22-12-23-39-46-43(26-13-27-45(46)57-48(38)39)55-41-24-9-7-18-34(41)35-19-8-10-25-42(35)55/h1-30,45-46,49H,(H,52,53,54). The Hall–Kier alpha value is -6.89. The minimum absolute atomic E-state index is 0.207. The predicted molar refractivity (Wildman–Crippen MR) is 236 cm³/mol. The second-order valence-electron chi connectivity index (χ2n) is 14.9. The van der Waals surface area contributed by atoms with E-state index in [-0.39, 0.29) is 17.3 Å². The van der Waals surface area contributed by atoms with Gasteiger partial charge in [-0.05, 0) is 53.1 Å². The zero-order valence-electron chi connectivity index (χ0n) is 30.7. The van der Waals surface area contributed by atoms with E-state index in [1.807, 2.05) is 48.2 Å². The van der Waals surface area contributed by atoms with Crippen LogP contribution in [-0.4, -0.2) is 21.5 Å². The van der Waals surface area contributed by atoms with E-state index < -0.39 is 0 Å². The van der Waals surface area contributed by atoms with Gasteiger partial charge in [-0.25, -0.2) is 9.98 Å². The molecule has 3 unspecified atom stereocenters. The Morgan fingerprint density at radius 1 is 0.614 bits per heavy atom. The van der Waals surface area contributed by atoms with Gasteiger partial charge < -0.3 is 14.3 Å². The number of amidine groups is 2. The van der Waals surface area contributed by atoms with Gasteiger partial charge >= 0.3 is 0 Å². The molecule has 7 aromatic carbocycles. The summed E-state index contributed by atoms with van der Waals surface area (Å²) in [5.74, 6) is 1.70. The van der Waals surface area contributed by atoms with E-state index in [1.165, 1.54) is 43.5 Å². The summed E-state index contributed by atoms with van der Waals surface area (Å²) in [4.78, 5) is 11.5. The zero-order valence-corrected chi connectivity index (χ0v) is 31.5. The maximum Gasteiger partial charge on any atom is 0.159 e. The molecule has 270 valence electrons. The van der Waals surface area contributed by atoms with E-state index in [0.717, 1.165) is 50.0 Å². The largest absolute Gasteiger partial charge is 0.455 e. The van der Waals surface area contributed by atoms with Crippen molar-refractivity contribution in [3.05, 3.63) is 204 Å². The topological polar surface area (TPSA) is 54.8 Å². The first-order chi connectivity index (χ1) is 28.3. The summed E-state index contributed by atoms with van der Waals surface area (Å²) in [6.45, 7) is 0. The van der Waals surface area contributed by atoms with Gasteiger partial charge in [-0.3, -0.25) is 0 Å². The number of nitrogens with one attached hydrogen (secondary N) is 1. The molecule has 0 saturated heterocycles. The molecule has 6 heteroatoms. The van der Waals surface area contributed by atoms with Gasteiger partial charge in [0.2, 0.25) is 0 Å². The molecule has 57 heavy (non-hydrogen) atoms. The summed E-state index contributed by atoms with van der Waals surface area (Å²) in [6, 6.07) is 57.9. The lowest BCUT2D eigenvalue weighted by molar-refractivity contribution is 0.669. The lowest BCUT2D eigenvalue weighted by atomic mass is 9.87. The summed E-state index contributed by atoms with van der Waals surface area (Å²) in [5.41, 5.74) is 12.3. The molecule has 9 aromatic rings. The molecule has 0 bridgehead atoms. The number of furan rings is 1. The molecule has 0 fully saturated rings. The number of thioether (sulfide) groups is 1. The van der Waals surface area contributed by atoms with Gasteiger partial charge in [0.15, 0.2) is 5.84 Å². The van der Waals surface area contributed by atoms with Crippen molar-refractivity contribution >= 4 is 72.9 Å². The molecule has 12 rings (SSSR count). The van der Waals surface area contributed by atoms with Crippen molar-refractivity contribution in [2.45, 2.75) is 22.2 Å². The first-order valence-electron chi connectivity index (χ1n) is 19.4. The van der Waals surface area contributed by atoms with Crippen LogP contribution in [0, 0.1) is 0 Å². The molecule has 1 N–H and O–H groups in total. The van der Waals surface area contributed by atoms with E-state index >= 15 is 0 Å². The van der Waals surface area contributed by atoms with Crippen LogP contribution in [0.4, 0.5) is 0 Å². The Morgan fingerprint density at radius 2 is 1.32 bits per heavy atom. The van der Waals surface area contributed by atoms with Crippen LogP contribution in [0.1, 0.15) is 34.3 Å². The second-order valence-corrected chi connectivity index (χ2v) is 16.1. The number of nitrogens with zero attached hydrogens (tertiary/aromatic N) is 3. The highest BCUT2D eigenvalue weighted by atomic mass is 32.2. The third kappa shape index (κ3) is 5.11. The summed E-state index contributed by atoms with van der Waals surface area (Å²) in [7, 11) is 0. The van der Waals surface area contributed by atoms with Crippen molar-refractivity contribution in [1.82, 2.24) is 9.88 Å². The minimum Gasteiger partial charge on any atom is -0.455 e. The van der Waals surface area contributed by atoms with E-state index in [9.17, 15) is 0 Å². The summed E-state index contributed by atoms with van der Waals surface area (Å²) < 4.78 is 9.28. The van der Waals surface area contributed by atoms with E-state index in [0.29, 0.717) is 5.84 Å². The van der Waals surface area contributed by atoms with Gasteiger partial charge in [-0.1, -0.05) is 146 Å².